The average Bonchev–Trinajstić information content (AvgIpc) is 3.25. The second kappa shape index (κ2) is 36.0. The zero-order valence-corrected chi connectivity index (χ0v) is 48.6. The molecule has 1 aliphatic rings. The minimum absolute atomic E-state index is 0. The van der Waals surface area contributed by atoms with Crippen molar-refractivity contribution >= 4 is 59.1 Å². The minimum Gasteiger partial charge on any atom is -0.481 e. The summed E-state index contributed by atoms with van der Waals surface area (Å²) in [6.07, 6.45) is 6.25. The monoisotopic (exact) mass is 1040 g/mol. The Morgan fingerprint density at radius 1 is 0.438 bits per heavy atom. The van der Waals surface area contributed by atoms with Crippen LogP contribution in [0.15, 0.2) is 0 Å². The van der Waals surface area contributed by atoms with E-state index in [0.717, 1.165) is 38.5 Å². The Morgan fingerprint density at radius 2 is 0.822 bits per heavy atom. The Bertz CT molecular complexity index is 1790. The van der Waals surface area contributed by atoms with E-state index in [4.69, 9.17) is 0 Å². The van der Waals surface area contributed by atoms with Crippen LogP contribution in [0.1, 0.15) is 192 Å². The maximum atomic E-state index is 14.8. The first kappa shape index (κ1) is 68.9. The molecular weight excluding hydrogens is 950 g/mol. The molecule has 7 amide bonds. The molecule has 8 atom stereocenters. The zero-order valence-electron chi connectivity index (χ0n) is 46.6. The number of rotatable bonds is 24. The van der Waals surface area contributed by atoms with Crippen molar-refractivity contribution in [3.8, 4) is 0 Å². The molecule has 0 aromatic carbocycles. The molecular formula is C53H93N7NaO12+. The van der Waals surface area contributed by atoms with Gasteiger partial charge in [-0.05, 0) is 74.0 Å². The molecule has 0 aliphatic carbocycles. The number of unbranched alkanes of at least 4 members (excludes halogenated alkanes) is 6. The third-order valence-electron chi connectivity index (χ3n) is 12.6. The molecule has 0 bridgehead atoms. The van der Waals surface area contributed by atoms with E-state index in [9.17, 15) is 58.2 Å². The van der Waals surface area contributed by atoms with Gasteiger partial charge in [-0.15, -0.1) is 0 Å². The molecule has 73 heavy (non-hydrogen) atoms. The third-order valence-corrected chi connectivity index (χ3v) is 12.6. The summed E-state index contributed by atoms with van der Waals surface area (Å²) in [7, 11) is 0. The number of ketones is 1. The fraction of sp³-hybridized carbons (Fsp3) is 0.811. The molecule has 19 nitrogen and oxygen atoms in total. The van der Waals surface area contributed by atoms with Gasteiger partial charge in [0.15, 0.2) is 5.78 Å². The van der Waals surface area contributed by atoms with Gasteiger partial charge in [-0.3, -0.25) is 47.9 Å². The first-order valence-electron chi connectivity index (χ1n) is 26.7. The summed E-state index contributed by atoms with van der Waals surface area (Å²) in [5.74, 6) is -10.5. The maximum absolute atomic E-state index is 14.8. The second-order valence-corrected chi connectivity index (χ2v) is 22.5. The number of hydrogen-bond donors (Lipinski definition) is 9. The largest absolute Gasteiger partial charge is 1.00 e. The molecule has 1 heterocycles. The van der Waals surface area contributed by atoms with Gasteiger partial charge < -0.3 is 47.4 Å². The predicted molar refractivity (Wildman–Crippen MR) is 275 cm³/mol. The van der Waals surface area contributed by atoms with Crippen LogP contribution < -0.4 is 66.8 Å². The molecule has 1 aliphatic heterocycles. The Kier molecular flexibility index (Phi) is 34.0. The number of carboxylic acids is 2. The van der Waals surface area contributed by atoms with E-state index in [2.05, 4.69) is 51.1 Å². The fourth-order valence-electron chi connectivity index (χ4n) is 8.82. The van der Waals surface area contributed by atoms with Gasteiger partial charge in [-0.1, -0.05) is 134 Å². The standard InChI is InChI=1S/C53H93N7O12.Na/c1-30(2)20-18-16-14-13-15-17-19-21-36-28-43(61)54-37(22-23-44(62)63)48(67)56-40(26-33(7)8)50(69)58-41(27-34(9)10)52(71)60-46(35(11)12)53(72)59-42(29-45(64)65)51(70)57-39(25-32(5)6)49(68)55-38(47(36)66)24-31(3)4;/h30-42,46H,13-29H2,1-12H3,(H,54,61)(H,55,68)(H,56,67)(H,57,70)(H,58,69)(H,59,72)(H,60,71)(H,62,63)(H,64,65);/q;+1/t36?,37-,38-,39+,40-,41+,42-,46-;/m0./s1. The van der Waals surface area contributed by atoms with Gasteiger partial charge in [0, 0.05) is 18.8 Å². The quantitative estimate of drug-likeness (QED) is 0.0498. The molecule has 9 N–H and O–H groups in total. The van der Waals surface area contributed by atoms with Crippen LogP contribution in [0.2, 0.25) is 0 Å². The van der Waals surface area contributed by atoms with Gasteiger partial charge >= 0.3 is 41.5 Å². The van der Waals surface area contributed by atoms with Crippen LogP contribution >= 0.6 is 0 Å². The van der Waals surface area contributed by atoms with Crippen molar-refractivity contribution in [2.75, 3.05) is 0 Å². The normalized spacial score (nSPS) is 23.8. The Labute approximate surface area is 457 Å². The molecule has 1 fully saturated rings. The minimum atomic E-state index is -1.71. The zero-order chi connectivity index (χ0) is 54.8. The van der Waals surface area contributed by atoms with E-state index in [1.807, 2.05) is 41.5 Å². The number of carbonyl (C=O) groups is 10. The van der Waals surface area contributed by atoms with Crippen molar-refractivity contribution in [3.05, 3.63) is 0 Å². The molecule has 412 valence electrons. The fourth-order valence-corrected chi connectivity index (χ4v) is 8.82. The van der Waals surface area contributed by atoms with Gasteiger partial charge in [-0.25, -0.2) is 0 Å². The van der Waals surface area contributed by atoms with E-state index >= 15 is 0 Å². The summed E-state index contributed by atoms with van der Waals surface area (Å²) in [4.78, 5) is 138. The van der Waals surface area contributed by atoms with Crippen LogP contribution in [0, 0.1) is 41.4 Å². The van der Waals surface area contributed by atoms with Crippen LogP contribution in [-0.4, -0.2) is 112 Å². The van der Waals surface area contributed by atoms with E-state index in [-0.39, 0.29) is 91.8 Å². The molecule has 0 radical (unpaired) electrons. The molecule has 1 rings (SSSR count). The molecule has 1 unspecified atom stereocenters. The van der Waals surface area contributed by atoms with Crippen molar-refractivity contribution < 1.29 is 87.7 Å². The number of hydrogen-bond acceptors (Lipinski definition) is 10. The van der Waals surface area contributed by atoms with Crippen LogP contribution in [0.4, 0.5) is 0 Å². The average molecular weight is 1040 g/mol. The Morgan fingerprint density at radius 3 is 1.25 bits per heavy atom. The van der Waals surface area contributed by atoms with Crippen molar-refractivity contribution in [2.45, 2.75) is 235 Å². The van der Waals surface area contributed by atoms with E-state index < -0.39 is 132 Å². The summed E-state index contributed by atoms with van der Waals surface area (Å²) >= 11 is 0. The number of nitrogens with one attached hydrogen (secondary N) is 7. The number of amides is 7. The van der Waals surface area contributed by atoms with Crippen LogP contribution in [0.5, 0.6) is 0 Å². The first-order valence-corrected chi connectivity index (χ1v) is 26.7. The van der Waals surface area contributed by atoms with Crippen molar-refractivity contribution in [1.82, 2.24) is 37.2 Å². The van der Waals surface area contributed by atoms with Crippen molar-refractivity contribution in [2.24, 2.45) is 41.4 Å². The molecule has 0 saturated carbocycles. The van der Waals surface area contributed by atoms with E-state index in [0.29, 0.717) is 12.3 Å². The van der Waals surface area contributed by atoms with Crippen molar-refractivity contribution in [1.29, 1.82) is 0 Å². The molecule has 0 aromatic heterocycles. The van der Waals surface area contributed by atoms with Crippen LogP contribution in [-0.2, 0) is 47.9 Å². The van der Waals surface area contributed by atoms with Gasteiger partial charge in [0.1, 0.15) is 36.3 Å². The predicted octanol–water partition coefficient (Wildman–Crippen LogP) is 2.32. The summed E-state index contributed by atoms with van der Waals surface area (Å²) < 4.78 is 0. The van der Waals surface area contributed by atoms with Gasteiger partial charge in [0.25, 0.3) is 0 Å². The molecule has 0 aromatic rings. The van der Waals surface area contributed by atoms with E-state index in [1.54, 1.807) is 27.7 Å². The summed E-state index contributed by atoms with van der Waals surface area (Å²) in [5, 5.41) is 38.2. The number of carbonyl (C=O) groups excluding carboxylic acids is 8. The van der Waals surface area contributed by atoms with Gasteiger partial charge in [-0.2, -0.15) is 0 Å². The van der Waals surface area contributed by atoms with Crippen molar-refractivity contribution in [3.63, 3.8) is 0 Å². The van der Waals surface area contributed by atoms with Gasteiger partial charge in [0.05, 0.1) is 12.5 Å². The van der Waals surface area contributed by atoms with Crippen LogP contribution in [0.25, 0.3) is 0 Å². The maximum Gasteiger partial charge on any atom is 1.00 e. The summed E-state index contributed by atoms with van der Waals surface area (Å²) in [6.45, 7) is 22.2. The SMILES string of the molecule is CC(C)CCCCCCCCCC1CC(=O)N[C@@H](CCC(=O)O)C(=O)N[C@@H](CC(C)C)C(=O)N[C@H](CC(C)C)C(=O)N[C@@H](C(C)C)C(=O)N[C@@H](CC(=O)O)C(=O)N[C@H](CC(C)C)C(=O)N[C@@H](CC(C)C)C1=O.[Na+]. The first-order chi connectivity index (χ1) is 33.6. The number of Topliss-reactive ketones (excluding diaryl/α,β-unsaturated/α-hetero) is 1. The van der Waals surface area contributed by atoms with Crippen LogP contribution in [0.3, 0.4) is 0 Å². The Hall–Kier alpha value is -4.10. The number of aliphatic carboxylic acids is 2. The Balaban J connectivity index is 0.0000518. The smallest absolute Gasteiger partial charge is 0.481 e. The summed E-state index contributed by atoms with van der Waals surface area (Å²) in [5.41, 5.74) is 0. The number of carboxylic acid groups (broad SMARTS) is 2. The van der Waals surface area contributed by atoms with E-state index in [1.165, 1.54) is 6.42 Å². The topological polar surface area (TPSA) is 295 Å². The molecule has 20 heteroatoms. The molecule has 0 spiro atoms. The second-order valence-electron chi connectivity index (χ2n) is 22.5. The third kappa shape index (κ3) is 29.0. The summed E-state index contributed by atoms with van der Waals surface area (Å²) in [6, 6.07) is -9.43. The molecule has 1 saturated heterocycles. The van der Waals surface area contributed by atoms with Gasteiger partial charge in [0.2, 0.25) is 41.4 Å².